The predicted molar refractivity (Wildman–Crippen MR) is 73.6 cm³/mol. The maximum absolute atomic E-state index is 12.3. The molecule has 2 aromatic heterocycles. The summed E-state index contributed by atoms with van der Waals surface area (Å²) in [6.07, 6.45) is 3.28. The zero-order chi connectivity index (χ0) is 14.4. The zero-order valence-corrected chi connectivity index (χ0v) is 10.9. The van der Waals surface area contributed by atoms with Gasteiger partial charge in [-0.15, -0.1) is 0 Å². The van der Waals surface area contributed by atoms with Crippen LogP contribution in [-0.2, 0) is 6.54 Å². The summed E-state index contributed by atoms with van der Waals surface area (Å²) in [5.41, 5.74) is 2.32. The molecule has 0 spiro atoms. The van der Waals surface area contributed by atoms with Crippen LogP contribution in [0.4, 0.5) is 0 Å². The van der Waals surface area contributed by atoms with Gasteiger partial charge in [0.25, 0.3) is 11.8 Å². The van der Waals surface area contributed by atoms with Crippen LogP contribution in [0.2, 0.25) is 0 Å². The standard InChI is InChI=1S/C15H10N4O2/c20-14-11-3-1-2-4-12(11)15(21)18(14)9-10-5-7-16-13-6-8-17-19(10)13/h1-8H,9H2. The summed E-state index contributed by atoms with van der Waals surface area (Å²) in [4.78, 5) is 30.1. The van der Waals surface area contributed by atoms with E-state index in [1.807, 2.05) is 0 Å². The topological polar surface area (TPSA) is 67.6 Å². The molecule has 0 fully saturated rings. The second-order valence-corrected chi connectivity index (χ2v) is 4.78. The Balaban J connectivity index is 1.75. The fourth-order valence-electron chi connectivity index (χ4n) is 2.55. The van der Waals surface area contributed by atoms with Crippen LogP contribution < -0.4 is 0 Å². The number of carbonyl (C=O) groups excluding carboxylic acids is 2. The molecule has 1 aromatic carbocycles. The first-order valence-electron chi connectivity index (χ1n) is 6.48. The number of hydrogen-bond acceptors (Lipinski definition) is 4. The molecule has 21 heavy (non-hydrogen) atoms. The lowest BCUT2D eigenvalue weighted by Gasteiger charge is -2.14. The molecule has 1 aliphatic heterocycles. The van der Waals surface area contributed by atoms with Gasteiger partial charge in [-0.25, -0.2) is 9.50 Å². The number of benzene rings is 1. The smallest absolute Gasteiger partial charge is 0.261 e. The van der Waals surface area contributed by atoms with Crippen molar-refractivity contribution in [1.82, 2.24) is 19.5 Å². The van der Waals surface area contributed by atoms with E-state index in [0.29, 0.717) is 16.8 Å². The van der Waals surface area contributed by atoms with Gasteiger partial charge in [0.1, 0.15) is 0 Å². The first-order chi connectivity index (χ1) is 10.3. The number of carbonyl (C=O) groups is 2. The maximum atomic E-state index is 12.3. The third kappa shape index (κ3) is 1.66. The lowest BCUT2D eigenvalue weighted by Crippen LogP contribution is -2.30. The summed E-state index contributed by atoms with van der Waals surface area (Å²) in [6.45, 7) is 0.174. The van der Waals surface area contributed by atoms with Crippen LogP contribution in [0.1, 0.15) is 26.4 Å². The molecule has 0 atom stereocenters. The van der Waals surface area contributed by atoms with Crippen molar-refractivity contribution >= 4 is 17.5 Å². The van der Waals surface area contributed by atoms with Crippen LogP contribution in [0.25, 0.3) is 5.65 Å². The van der Waals surface area contributed by atoms with Gasteiger partial charge in [0.05, 0.1) is 29.6 Å². The SMILES string of the molecule is O=C1c2ccccc2C(=O)N1Cc1ccnc2ccnn12. The zero-order valence-electron chi connectivity index (χ0n) is 10.9. The summed E-state index contributed by atoms with van der Waals surface area (Å²) in [7, 11) is 0. The highest BCUT2D eigenvalue weighted by Gasteiger charge is 2.35. The number of rotatable bonds is 2. The van der Waals surface area contributed by atoms with Crippen molar-refractivity contribution in [3.8, 4) is 0 Å². The third-order valence-electron chi connectivity index (χ3n) is 3.57. The molecule has 0 N–H and O–H groups in total. The van der Waals surface area contributed by atoms with Gasteiger partial charge in [-0.05, 0) is 18.2 Å². The minimum Gasteiger partial charge on any atom is -0.269 e. The lowest BCUT2D eigenvalue weighted by atomic mass is 10.1. The molecular weight excluding hydrogens is 268 g/mol. The Morgan fingerprint density at radius 3 is 2.33 bits per heavy atom. The van der Waals surface area contributed by atoms with E-state index < -0.39 is 0 Å². The van der Waals surface area contributed by atoms with E-state index in [0.717, 1.165) is 5.69 Å². The third-order valence-corrected chi connectivity index (χ3v) is 3.57. The number of aromatic nitrogens is 3. The Hall–Kier alpha value is -3.02. The molecule has 3 aromatic rings. The highest BCUT2D eigenvalue weighted by molar-refractivity contribution is 6.21. The number of fused-ring (bicyclic) bond motifs is 2. The second kappa shape index (κ2) is 4.24. The molecular formula is C15H10N4O2. The van der Waals surface area contributed by atoms with Gasteiger partial charge in [-0.3, -0.25) is 14.5 Å². The van der Waals surface area contributed by atoms with Gasteiger partial charge in [-0.2, -0.15) is 5.10 Å². The average Bonchev–Trinajstić information content (AvgIpc) is 3.08. The first kappa shape index (κ1) is 11.8. The molecule has 0 saturated carbocycles. The van der Waals surface area contributed by atoms with Crippen molar-refractivity contribution in [3.63, 3.8) is 0 Å². The maximum Gasteiger partial charge on any atom is 0.261 e. The Morgan fingerprint density at radius 1 is 0.905 bits per heavy atom. The number of amides is 2. The van der Waals surface area contributed by atoms with Gasteiger partial charge >= 0.3 is 0 Å². The van der Waals surface area contributed by atoms with Crippen molar-refractivity contribution in [2.45, 2.75) is 6.54 Å². The first-order valence-corrected chi connectivity index (χ1v) is 6.48. The average molecular weight is 278 g/mol. The van der Waals surface area contributed by atoms with E-state index in [-0.39, 0.29) is 18.4 Å². The minimum atomic E-state index is -0.271. The van der Waals surface area contributed by atoms with Crippen molar-refractivity contribution in [2.75, 3.05) is 0 Å². The van der Waals surface area contributed by atoms with Gasteiger partial charge in [0.2, 0.25) is 0 Å². The van der Waals surface area contributed by atoms with E-state index in [4.69, 9.17) is 0 Å². The van der Waals surface area contributed by atoms with Crippen molar-refractivity contribution < 1.29 is 9.59 Å². The molecule has 0 aliphatic carbocycles. The number of nitrogens with zero attached hydrogens (tertiary/aromatic N) is 4. The molecule has 102 valence electrons. The molecule has 4 rings (SSSR count). The summed E-state index contributed by atoms with van der Waals surface area (Å²) >= 11 is 0. The monoisotopic (exact) mass is 278 g/mol. The molecule has 6 nitrogen and oxygen atoms in total. The van der Waals surface area contributed by atoms with Crippen molar-refractivity contribution in [3.05, 3.63) is 65.6 Å². The van der Waals surface area contributed by atoms with Crippen LogP contribution in [0.5, 0.6) is 0 Å². The number of hydrogen-bond donors (Lipinski definition) is 0. The van der Waals surface area contributed by atoms with E-state index in [1.54, 1.807) is 53.3 Å². The summed E-state index contributed by atoms with van der Waals surface area (Å²) < 4.78 is 1.63. The highest BCUT2D eigenvalue weighted by Crippen LogP contribution is 2.24. The van der Waals surface area contributed by atoms with E-state index in [9.17, 15) is 9.59 Å². The molecule has 0 bridgehead atoms. The molecule has 1 aliphatic rings. The van der Waals surface area contributed by atoms with E-state index in [2.05, 4.69) is 10.1 Å². The van der Waals surface area contributed by atoms with Crippen molar-refractivity contribution in [1.29, 1.82) is 0 Å². The molecule has 6 heteroatoms. The van der Waals surface area contributed by atoms with Crippen LogP contribution in [0.3, 0.4) is 0 Å². The number of imide groups is 1. The van der Waals surface area contributed by atoms with Gasteiger partial charge < -0.3 is 0 Å². The van der Waals surface area contributed by atoms with Crippen LogP contribution in [-0.4, -0.2) is 31.3 Å². The summed E-state index contributed by atoms with van der Waals surface area (Å²) in [6, 6.07) is 10.4. The molecule has 0 saturated heterocycles. The van der Waals surface area contributed by atoms with E-state index in [1.165, 1.54) is 4.90 Å². The van der Waals surface area contributed by atoms with Gasteiger partial charge in [0, 0.05) is 12.3 Å². The largest absolute Gasteiger partial charge is 0.269 e. The van der Waals surface area contributed by atoms with Gasteiger partial charge in [0.15, 0.2) is 5.65 Å². The molecule has 0 radical (unpaired) electrons. The summed E-state index contributed by atoms with van der Waals surface area (Å²) in [5, 5.41) is 4.16. The highest BCUT2D eigenvalue weighted by atomic mass is 16.2. The molecule has 3 heterocycles. The summed E-state index contributed by atoms with van der Waals surface area (Å²) in [5.74, 6) is -0.541. The Labute approximate surface area is 119 Å². The molecule has 2 amide bonds. The quantitative estimate of drug-likeness (QED) is 0.667. The van der Waals surface area contributed by atoms with E-state index >= 15 is 0 Å². The fourth-order valence-corrected chi connectivity index (χ4v) is 2.55. The molecule has 0 unspecified atom stereocenters. The van der Waals surface area contributed by atoms with Crippen LogP contribution in [0, 0.1) is 0 Å². The van der Waals surface area contributed by atoms with Crippen LogP contribution >= 0.6 is 0 Å². The normalized spacial score (nSPS) is 14.0. The Kier molecular flexibility index (Phi) is 2.38. The lowest BCUT2D eigenvalue weighted by molar-refractivity contribution is 0.0639. The minimum absolute atomic E-state index is 0.174. The van der Waals surface area contributed by atoms with Crippen molar-refractivity contribution in [2.24, 2.45) is 0 Å². The Morgan fingerprint density at radius 2 is 1.62 bits per heavy atom. The second-order valence-electron chi connectivity index (χ2n) is 4.78. The van der Waals surface area contributed by atoms with Crippen LogP contribution in [0.15, 0.2) is 48.8 Å². The Bertz CT molecular complexity index is 849. The predicted octanol–water partition coefficient (Wildman–Crippen LogP) is 1.53. The fraction of sp³-hybridized carbons (Fsp3) is 0.0667. The van der Waals surface area contributed by atoms with Gasteiger partial charge in [-0.1, -0.05) is 12.1 Å².